The second-order valence-corrected chi connectivity index (χ2v) is 3.83. The summed E-state index contributed by atoms with van der Waals surface area (Å²) in [7, 11) is 5.14. The summed E-state index contributed by atoms with van der Waals surface area (Å²) in [5.41, 5.74) is -0.811. The Hall–Kier alpha value is -0.610. The average Bonchev–Trinajstić information content (AvgIpc) is 2.81. The molecule has 4 heteroatoms. The molecule has 0 radical (unpaired) electrons. The van der Waals surface area contributed by atoms with E-state index in [1.165, 1.54) is 0 Å². The van der Waals surface area contributed by atoms with E-state index < -0.39 is 11.5 Å². The molecule has 1 rings (SSSR count). The zero-order valence-corrected chi connectivity index (χ0v) is 8.41. The number of methoxy groups -OCH3 is 1. The van der Waals surface area contributed by atoms with E-state index in [0.717, 1.165) is 12.8 Å². The number of aliphatic carboxylic acids is 1. The minimum Gasteiger partial charge on any atom is -0.480 e. The van der Waals surface area contributed by atoms with Crippen LogP contribution in [0.25, 0.3) is 0 Å². The van der Waals surface area contributed by atoms with Crippen LogP contribution < -0.4 is 0 Å². The molecule has 1 N–H and O–H groups in total. The predicted octanol–water partition coefficient (Wildman–Crippen LogP) is 0.428. The van der Waals surface area contributed by atoms with E-state index in [9.17, 15) is 9.90 Å². The van der Waals surface area contributed by atoms with Crippen LogP contribution in [0.5, 0.6) is 0 Å². The van der Waals surface area contributed by atoms with Crippen LogP contribution in [0.1, 0.15) is 12.8 Å². The zero-order chi connectivity index (χ0) is 10.1. The van der Waals surface area contributed by atoms with Crippen molar-refractivity contribution in [2.24, 2.45) is 5.92 Å². The SMILES string of the molecule is COCC(C(=O)O)(C1CC1)N(C)C. The first-order valence-electron chi connectivity index (χ1n) is 4.45. The fourth-order valence-electron chi connectivity index (χ4n) is 1.82. The lowest BCUT2D eigenvalue weighted by molar-refractivity contribution is -0.155. The maximum atomic E-state index is 11.2. The first-order chi connectivity index (χ1) is 6.05. The van der Waals surface area contributed by atoms with Gasteiger partial charge in [0.1, 0.15) is 5.54 Å². The summed E-state index contributed by atoms with van der Waals surface area (Å²) in [5.74, 6) is -0.526. The summed E-state index contributed by atoms with van der Waals surface area (Å²) in [6.07, 6.45) is 1.99. The van der Waals surface area contributed by atoms with Crippen molar-refractivity contribution in [2.45, 2.75) is 18.4 Å². The van der Waals surface area contributed by atoms with Crippen molar-refractivity contribution in [2.75, 3.05) is 27.8 Å². The van der Waals surface area contributed by atoms with E-state index in [0.29, 0.717) is 0 Å². The van der Waals surface area contributed by atoms with Gasteiger partial charge >= 0.3 is 5.97 Å². The Labute approximate surface area is 78.5 Å². The second-order valence-electron chi connectivity index (χ2n) is 3.83. The molecule has 0 heterocycles. The molecule has 1 saturated carbocycles. The van der Waals surface area contributed by atoms with Crippen LogP contribution >= 0.6 is 0 Å². The number of carboxylic acid groups (broad SMARTS) is 1. The van der Waals surface area contributed by atoms with Gasteiger partial charge in [0.15, 0.2) is 0 Å². The molecular weight excluding hydrogens is 170 g/mol. The Kier molecular flexibility index (Phi) is 2.93. The quantitative estimate of drug-likeness (QED) is 0.678. The molecule has 4 nitrogen and oxygen atoms in total. The van der Waals surface area contributed by atoms with Crippen molar-refractivity contribution in [1.82, 2.24) is 4.90 Å². The van der Waals surface area contributed by atoms with E-state index in [4.69, 9.17) is 4.74 Å². The Morgan fingerprint density at radius 1 is 1.62 bits per heavy atom. The molecule has 0 spiro atoms. The van der Waals surface area contributed by atoms with Gasteiger partial charge in [-0.15, -0.1) is 0 Å². The Morgan fingerprint density at radius 2 is 2.15 bits per heavy atom. The molecule has 1 aliphatic rings. The lowest BCUT2D eigenvalue weighted by Gasteiger charge is -2.35. The number of nitrogens with zero attached hydrogens (tertiary/aromatic N) is 1. The smallest absolute Gasteiger partial charge is 0.326 e. The van der Waals surface area contributed by atoms with Crippen LogP contribution in [0, 0.1) is 5.92 Å². The number of hydrogen-bond acceptors (Lipinski definition) is 3. The molecule has 0 aromatic heterocycles. The lowest BCUT2D eigenvalue weighted by atomic mass is 9.93. The van der Waals surface area contributed by atoms with Crippen molar-refractivity contribution < 1.29 is 14.6 Å². The van der Waals surface area contributed by atoms with Gasteiger partial charge in [0.2, 0.25) is 0 Å². The number of ether oxygens (including phenoxy) is 1. The third-order valence-electron chi connectivity index (χ3n) is 2.79. The zero-order valence-electron chi connectivity index (χ0n) is 8.41. The van der Waals surface area contributed by atoms with Gasteiger partial charge in [-0.3, -0.25) is 9.69 Å². The third-order valence-corrected chi connectivity index (χ3v) is 2.79. The molecule has 1 atom stereocenters. The van der Waals surface area contributed by atoms with Crippen LogP contribution in [0.2, 0.25) is 0 Å². The molecule has 0 bridgehead atoms. The van der Waals surface area contributed by atoms with Gasteiger partial charge in [0, 0.05) is 7.11 Å². The number of carboxylic acids is 1. The average molecular weight is 187 g/mol. The van der Waals surface area contributed by atoms with E-state index in [1.54, 1.807) is 26.1 Å². The van der Waals surface area contributed by atoms with Gasteiger partial charge in [0.25, 0.3) is 0 Å². The van der Waals surface area contributed by atoms with Crippen molar-refractivity contribution in [3.63, 3.8) is 0 Å². The summed E-state index contributed by atoms with van der Waals surface area (Å²) < 4.78 is 5.01. The topological polar surface area (TPSA) is 49.8 Å². The van der Waals surface area contributed by atoms with Gasteiger partial charge in [-0.05, 0) is 32.9 Å². The highest BCUT2D eigenvalue weighted by Crippen LogP contribution is 2.42. The molecule has 0 aromatic rings. The molecule has 0 saturated heterocycles. The van der Waals surface area contributed by atoms with Crippen LogP contribution in [0.4, 0.5) is 0 Å². The standard InChI is InChI=1S/C9H17NO3/c1-10(2)9(6-13-3,8(11)12)7-4-5-7/h7H,4-6H2,1-3H3,(H,11,12). The lowest BCUT2D eigenvalue weighted by Crippen LogP contribution is -2.56. The summed E-state index contributed by atoms with van der Waals surface area (Å²) in [6, 6.07) is 0. The maximum Gasteiger partial charge on any atom is 0.326 e. The maximum absolute atomic E-state index is 11.2. The summed E-state index contributed by atoms with van der Waals surface area (Å²) in [6.45, 7) is 0.264. The minimum atomic E-state index is -0.811. The fourth-order valence-corrected chi connectivity index (χ4v) is 1.82. The number of likely N-dealkylation sites (N-methyl/N-ethyl adjacent to an activating group) is 1. The van der Waals surface area contributed by atoms with Crippen LogP contribution in [0.15, 0.2) is 0 Å². The van der Waals surface area contributed by atoms with Crippen LogP contribution in [-0.2, 0) is 9.53 Å². The highest BCUT2D eigenvalue weighted by atomic mass is 16.5. The highest BCUT2D eigenvalue weighted by molar-refractivity contribution is 5.80. The number of hydrogen-bond donors (Lipinski definition) is 1. The molecule has 0 amide bonds. The molecule has 1 aliphatic carbocycles. The van der Waals surface area contributed by atoms with Crippen molar-refractivity contribution >= 4 is 5.97 Å². The molecular formula is C9H17NO3. The summed E-state index contributed by atoms with van der Waals surface area (Å²) in [5, 5.41) is 9.21. The molecule has 76 valence electrons. The minimum absolute atomic E-state index is 0.250. The summed E-state index contributed by atoms with van der Waals surface area (Å²) >= 11 is 0. The number of rotatable bonds is 5. The Morgan fingerprint density at radius 3 is 2.38 bits per heavy atom. The van der Waals surface area contributed by atoms with Gasteiger partial charge < -0.3 is 9.84 Å². The highest BCUT2D eigenvalue weighted by Gasteiger charge is 2.53. The second kappa shape index (κ2) is 3.64. The first-order valence-corrected chi connectivity index (χ1v) is 4.45. The number of carbonyl (C=O) groups is 1. The third kappa shape index (κ3) is 1.69. The van der Waals surface area contributed by atoms with Crippen LogP contribution in [-0.4, -0.2) is 49.3 Å². The van der Waals surface area contributed by atoms with Crippen molar-refractivity contribution in [3.05, 3.63) is 0 Å². The predicted molar refractivity (Wildman–Crippen MR) is 48.7 cm³/mol. The Balaban J connectivity index is 2.85. The summed E-state index contributed by atoms with van der Waals surface area (Å²) in [4.78, 5) is 13.0. The normalized spacial score (nSPS) is 21.5. The largest absolute Gasteiger partial charge is 0.480 e. The van der Waals surface area contributed by atoms with E-state index in [2.05, 4.69) is 0 Å². The van der Waals surface area contributed by atoms with E-state index in [-0.39, 0.29) is 12.5 Å². The van der Waals surface area contributed by atoms with Gasteiger partial charge in [-0.2, -0.15) is 0 Å². The monoisotopic (exact) mass is 187 g/mol. The van der Waals surface area contributed by atoms with Crippen LogP contribution in [0.3, 0.4) is 0 Å². The van der Waals surface area contributed by atoms with Crippen molar-refractivity contribution in [1.29, 1.82) is 0 Å². The van der Waals surface area contributed by atoms with E-state index >= 15 is 0 Å². The molecule has 1 unspecified atom stereocenters. The van der Waals surface area contributed by atoms with Gasteiger partial charge in [-0.25, -0.2) is 0 Å². The molecule has 13 heavy (non-hydrogen) atoms. The first kappa shape index (κ1) is 10.5. The van der Waals surface area contributed by atoms with Gasteiger partial charge in [0.05, 0.1) is 6.61 Å². The van der Waals surface area contributed by atoms with Crippen molar-refractivity contribution in [3.8, 4) is 0 Å². The Bertz CT molecular complexity index is 197. The van der Waals surface area contributed by atoms with Gasteiger partial charge in [-0.1, -0.05) is 0 Å². The molecule has 1 fully saturated rings. The fraction of sp³-hybridized carbons (Fsp3) is 0.889. The molecule has 0 aliphatic heterocycles. The van der Waals surface area contributed by atoms with E-state index in [1.807, 2.05) is 0 Å². The molecule has 0 aromatic carbocycles.